The fourth-order valence-electron chi connectivity index (χ4n) is 3.88. The van der Waals surface area contributed by atoms with Crippen molar-refractivity contribution in [2.45, 2.75) is 52.2 Å². The van der Waals surface area contributed by atoms with Gasteiger partial charge in [0.2, 0.25) is 0 Å². The zero-order valence-electron chi connectivity index (χ0n) is 15.7. The van der Waals surface area contributed by atoms with Gasteiger partial charge in [-0.15, -0.1) is 0 Å². The van der Waals surface area contributed by atoms with E-state index in [0.717, 1.165) is 19.5 Å². The Morgan fingerprint density at radius 3 is 2.69 bits per heavy atom. The van der Waals surface area contributed by atoms with Gasteiger partial charge >= 0.3 is 0 Å². The van der Waals surface area contributed by atoms with Crippen molar-refractivity contribution in [2.24, 2.45) is 0 Å². The molecule has 0 amide bonds. The average molecular weight is 345 g/mol. The van der Waals surface area contributed by atoms with Gasteiger partial charge in [-0.05, 0) is 55.4 Å². The predicted octanol–water partition coefficient (Wildman–Crippen LogP) is 4.72. The van der Waals surface area contributed by atoms with E-state index in [-0.39, 0.29) is 0 Å². The van der Waals surface area contributed by atoms with Crippen LogP contribution >= 0.6 is 0 Å². The molecule has 4 rings (SSSR count). The van der Waals surface area contributed by atoms with Gasteiger partial charge in [0.05, 0.1) is 12.7 Å². The molecule has 0 unspecified atom stereocenters. The molecule has 2 aromatic carbocycles. The molecule has 3 heteroatoms. The Hall–Kier alpha value is -2.39. The Morgan fingerprint density at radius 2 is 1.88 bits per heavy atom. The smallest absolute Gasteiger partial charge is 0.0662 e. The van der Waals surface area contributed by atoms with Gasteiger partial charge in [0.25, 0.3) is 0 Å². The normalized spacial score (nSPS) is 16.5. The lowest BCUT2D eigenvalue weighted by Gasteiger charge is -2.24. The third-order valence-electron chi connectivity index (χ3n) is 5.56. The monoisotopic (exact) mass is 345 g/mol. The second-order valence-electron chi connectivity index (χ2n) is 7.43. The minimum Gasteiger partial charge on any atom is -0.306 e. The highest BCUT2D eigenvalue weighted by Gasteiger charge is 2.23. The molecule has 0 fully saturated rings. The minimum atomic E-state index is 0.407. The van der Waals surface area contributed by atoms with Crippen molar-refractivity contribution < 1.29 is 0 Å². The number of hydrogen-bond acceptors (Lipinski definition) is 2. The van der Waals surface area contributed by atoms with Crippen LogP contribution in [0.4, 0.5) is 0 Å². The standard InChI is InChI=1S/C23H27N3/c1-17-11-12-20(13-18(17)2)14-24-22-9-6-10-23-21(22)15-25-26(23)16-19-7-4-3-5-8-19/h3-5,7-8,11-13,15,22,24H,6,9-10,14,16H2,1-2H3/t22-/m0/s1. The van der Waals surface area contributed by atoms with Gasteiger partial charge in [0, 0.05) is 23.8 Å². The molecule has 1 heterocycles. The molecule has 0 saturated heterocycles. The van der Waals surface area contributed by atoms with Crippen LogP contribution in [-0.2, 0) is 19.5 Å². The van der Waals surface area contributed by atoms with Gasteiger partial charge < -0.3 is 5.32 Å². The van der Waals surface area contributed by atoms with E-state index in [0.29, 0.717) is 6.04 Å². The summed E-state index contributed by atoms with van der Waals surface area (Å²) in [6.45, 7) is 6.13. The molecule has 3 nitrogen and oxygen atoms in total. The second-order valence-corrected chi connectivity index (χ2v) is 7.43. The Balaban J connectivity index is 1.48. The summed E-state index contributed by atoms with van der Waals surface area (Å²) in [7, 11) is 0. The van der Waals surface area contributed by atoms with Crippen LogP contribution in [0.5, 0.6) is 0 Å². The predicted molar refractivity (Wildman–Crippen MR) is 106 cm³/mol. The first kappa shape index (κ1) is 17.0. The summed E-state index contributed by atoms with van der Waals surface area (Å²) in [5.41, 5.74) is 8.18. The summed E-state index contributed by atoms with van der Waals surface area (Å²) in [6, 6.07) is 17.8. The first-order valence-electron chi connectivity index (χ1n) is 9.59. The van der Waals surface area contributed by atoms with Gasteiger partial charge in [0.15, 0.2) is 0 Å². The highest BCUT2D eigenvalue weighted by Crippen LogP contribution is 2.30. The molecule has 1 aliphatic carbocycles. The highest BCUT2D eigenvalue weighted by molar-refractivity contribution is 5.31. The Morgan fingerprint density at radius 1 is 1.04 bits per heavy atom. The summed E-state index contributed by atoms with van der Waals surface area (Å²) in [6.07, 6.45) is 5.62. The lowest BCUT2D eigenvalue weighted by atomic mass is 9.92. The minimum absolute atomic E-state index is 0.407. The molecular weight excluding hydrogens is 318 g/mol. The molecule has 1 N–H and O–H groups in total. The SMILES string of the molecule is Cc1ccc(CN[C@H]2CCCc3c2cnn3Cc2ccccc2)cc1C. The summed E-state index contributed by atoms with van der Waals surface area (Å²) in [5, 5.41) is 8.47. The summed E-state index contributed by atoms with van der Waals surface area (Å²) < 4.78 is 2.19. The quantitative estimate of drug-likeness (QED) is 0.725. The van der Waals surface area contributed by atoms with Crippen LogP contribution in [0.1, 0.15) is 52.4 Å². The summed E-state index contributed by atoms with van der Waals surface area (Å²) >= 11 is 0. The number of benzene rings is 2. The van der Waals surface area contributed by atoms with Crippen molar-refractivity contribution >= 4 is 0 Å². The van der Waals surface area contributed by atoms with Gasteiger partial charge in [-0.25, -0.2) is 0 Å². The molecular formula is C23H27N3. The maximum absolute atomic E-state index is 4.70. The largest absolute Gasteiger partial charge is 0.306 e. The Kier molecular flexibility index (Phi) is 4.89. The lowest BCUT2D eigenvalue weighted by Crippen LogP contribution is -2.25. The Labute approximate surface area is 156 Å². The molecule has 1 aromatic heterocycles. The first-order valence-corrected chi connectivity index (χ1v) is 9.59. The van der Waals surface area contributed by atoms with Crippen LogP contribution in [-0.4, -0.2) is 9.78 Å². The van der Waals surface area contributed by atoms with E-state index in [4.69, 9.17) is 5.10 Å². The van der Waals surface area contributed by atoms with Crippen LogP contribution in [0.3, 0.4) is 0 Å². The number of rotatable bonds is 5. The van der Waals surface area contributed by atoms with Crippen LogP contribution in [0.15, 0.2) is 54.7 Å². The molecule has 0 radical (unpaired) electrons. The number of aromatic nitrogens is 2. The third kappa shape index (κ3) is 3.58. The molecule has 0 aliphatic heterocycles. The second kappa shape index (κ2) is 7.46. The van der Waals surface area contributed by atoms with Crippen molar-refractivity contribution in [1.82, 2.24) is 15.1 Å². The van der Waals surface area contributed by atoms with E-state index in [1.54, 1.807) is 0 Å². The van der Waals surface area contributed by atoms with Crippen LogP contribution in [0.25, 0.3) is 0 Å². The number of nitrogens with one attached hydrogen (secondary N) is 1. The maximum atomic E-state index is 4.70. The number of fused-ring (bicyclic) bond motifs is 1. The molecule has 0 saturated carbocycles. The van der Waals surface area contributed by atoms with E-state index in [1.165, 1.54) is 46.4 Å². The van der Waals surface area contributed by atoms with Gasteiger partial charge in [-0.3, -0.25) is 4.68 Å². The molecule has 134 valence electrons. The van der Waals surface area contributed by atoms with Crippen molar-refractivity contribution in [2.75, 3.05) is 0 Å². The van der Waals surface area contributed by atoms with Crippen molar-refractivity contribution in [3.8, 4) is 0 Å². The fraction of sp³-hybridized carbons (Fsp3) is 0.348. The van der Waals surface area contributed by atoms with Crippen molar-refractivity contribution in [3.63, 3.8) is 0 Å². The van der Waals surface area contributed by atoms with Crippen LogP contribution in [0.2, 0.25) is 0 Å². The van der Waals surface area contributed by atoms with E-state index >= 15 is 0 Å². The van der Waals surface area contributed by atoms with E-state index in [2.05, 4.69) is 78.6 Å². The number of hydrogen-bond donors (Lipinski definition) is 1. The van der Waals surface area contributed by atoms with Crippen molar-refractivity contribution in [3.05, 3.63) is 88.2 Å². The highest BCUT2D eigenvalue weighted by atomic mass is 15.3. The summed E-state index contributed by atoms with van der Waals surface area (Å²) in [5.74, 6) is 0. The van der Waals surface area contributed by atoms with E-state index in [9.17, 15) is 0 Å². The van der Waals surface area contributed by atoms with Gasteiger partial charge in [-0.1, -0.05) is 48.5 Å². The van der Waals surface area contributed by atoms with Gasteiger partial charge in [0.1, 0.15) is 0 Å². The average Bonchev–Trinajstić information content (AvgIpc) is 3.07. The third-order valence-corrected chi connectivity index (χ3v) is 5.56. The zero-order chi connectivity index (χ0) is 17.9. The van der Waals surface area contributed by atoms with Crippen molar-refractivity contribution in [1.29, 1.82) is 0 Å². The molecule has 0 spiro atoms. The maximum Gasteiger partial charge on any atom is 0.0662 e. The van der Waals surface area contributed by atoms with Crippen LogP contribution in [0, 0.1) is 13.8 Å². The van der Waals surface area contributed by atoms with Gasteiger partial charge in [-0.2, -0.15) is 5.10 Å². The molecule has 1 aliphatic rings. The first-order chi connectivity index (χ1) is 12.7. The Bertz CT molecular complexity index is 880. The lowest BCUT2D eigenvalue weighted by molar-refractivity contribution is 0.449. The zero-order valence-corrected chi connectivity index (χ0v) is 15.7. The van der Waals surface area contributed by atoms with E-state index < -0.39 is 0 Å². The number of aryl methyl sites for hydroxylation is 2. The summed E-state index contributed by atoms with van der Waals surface area (Å²) in [4.78, 5) is 0. The molecule has 3 aromatic rings. The topological polar surface area (TPSA) is 29.9 Å². The number of nitrogens with zero attached hydrogens (tertiary/aromatic N) is 2. The molecule has 0 bridgehead atoms. The molecule has 1 atom stereocenters. The van der Waals surface area contributed by atoms with Crippen LogP contribution < -0.4 is 5.32 Å². The molecule has 26 heavy (non-hydrogen) atoms. The van der Waals surface area contributed by atoms with E-state index in [1.807, 2.05) is 0 Å². The fourth-order valence-corrected chi connectivity index (χ4v) is 3.88.